The van der Waals surface area contributed by atoms with Crippen molar-refractivity contribution in [2.24, 2.45) is 25.6 Å². The van der Waals surface area contributed by atoms with E-state index in [2.05, 4.69) is 58.5 Å². The van der Waals surface area contributed by atoms with Crippen LogP contribution in [0.15, 0.2) is 60.9 Å². The van der Waals surface area contributed by atoms with Crippen molar-refractivity contribution in [3.05, 3.63) is 72.6 Å². The van der Waals surface area contributed by atoms with E-state index in [1.807, 2.05) is 35.6 Å². The van der Waals surface area contributed by atoms with Crippen LogP contribution in [-0.4, -0.2) is 19.1 Å². The molecule has 0 aliphatic heterocycles. The lowest BCUT2D eigenvalue weighted by atomic mass is 10.0. The predicted octanol–water partition coefficient (Wildman–Crippen LogP) is 3.07. The summed E-state index contributed by atoms with van der Waals surface area (Å²) in [5, 5.41) is 0. The molecule has 2 heterocycles. The molecule has 0 saturated carbocycles. The van der Waals surface area contributed by atoms with Crippen LogP contribution >= 0.6 is 0 Å². The Morgan fingerprint density at radius 3 is 1.21 bits per heavy atom. The number of nitrogens with two attached hydrogens (primary N) is 2. The highest BCUT2D eigenvalue weighted by atomic mass is 15.1. The minimum Gasteiger partial charge on any atom is -0.330 e. The van der Waals surface area contributed by atoms with Crippen LogP contribution in [0, 0.1) is 0 Å². The van der Waals surface area contributed by atoms with Crippen molar-refractivity contribution in [2.45, 2.75) is 13.1 Å². The topological polar surface area (TPSA) is 87.7 Å². The van der Waals surface area contributed by atoms with Gasteiger partial charge in [-0.25, -0.2) is 9.97 Å². The number of benzene rings is 2. The zero-order valence-corrected chi connectivity index (χ0v) is 16.1. The summed E-state index contributed by atoms with van der Waals surface area (Å²) in [7, 11) is 3.98. The van der Waals surface area contributed by atoms with Gasteiger partial charge in [-0.05, 0) is 22.3 Å². The molecule has 4 rings (SSSR count). The van der Waals surface area contributed by atoms with E-state index in [-0.39, 0.29) is 0 Å². The highest BCUT2D eigenvalue weighted by molar-refractivity contribution is 5.71. The fraction of sp³-hybridized carbons (Fsp3) is 0.182. The third-order valence-corrected chi connectivity index (χ3v) is 5.23. The van der Waals surface area contributed by atoms with Gasteiger partial charge < -0.3 is 20.6 Å². The van der Waals surface area contributed by atoms with Gasteiger partial charge >= 0.3 is 0 Å². The summed E-state index contributed by atoms with van der Waals surface area (Å²) in [6.45, 7) is 0.870. The quantitative estimate of drug-likeness (QED) is 0.563. The molecule has 142 valence electrons. The standard InChI is InChI=1S/C22H24N6/c1-27-19(13-25-21(27)11-23)17-7-3-15(4-8-17)16-5-9-18(10-6-16)20-14-26-22(12-24)28(20)2/h3-10,13-14H,11-12,23-24H2,1-2H3. The van der Waals surface area contributed by atoms with E-state index in [0.717, 1.165) is 34.2 Å². The maximum Gasteiger partial charge on any atom is 0.122 e. The van der Waals surface area contributed by atoms with Gasteiger partial charge in [0.05, 0.1) is 36.9 Å². The molecule has 0 radical (unpaired) electrons. The molecule has 4 N–H and O–H groups in total. The van der Waals surface area contributed by atoms with E-state index < -0.39 is 0 Å². The fourth-order valence-corrected chi connectivity index (χ4v) is 3.48. The largest absolute Gasteiger partial charge is 0.330 e. The number of imidazole rings is 2. The van der Waals surface area contributed by atoms with Crippen molar-refractivity contribution < 1.29 is 0 Å². The molecule has 0 aliphatic rings. The smallest absolute Gasteiger partial charge is 0.122 e. The van der Waals surface area contributed by atoms with E-state index in [0.29, 0.717) is 13.1 Å². The SMILES string of the molecule is Cn1c(-c2ccc(-c3ccc(-c4cnc(CN)n4C)cc3)cc2)cnc1CN. The minimum absolute atomic E-state index is 0.435. The molecule has 0 bridgehead atoms. The van der Waals surface area contributed by atoms with Gasteiger partial charge in [0, 0.05) is 14.1 Å². The third-order valence-electron chi connectivity index (χ3n) is 5.23. The maximum absolute atomic E-state index is 5.72. The Morgan fingerprint density at radius 2 is 0.929 bits per heavy atom. The second-order valence-corrected chi connectivity index (χ2v) is 6.80. The van der Waals surface area contributed by atoms with Crippen molar-refractivity contribution in [3.8, 4) is 33.6 Å². The minimum atomic E-state index is 0.435. The zero-order valence-electron chi connectivity index (χ0n) is 16.1. The molecule has 28 heavy (non-hydrogen) atoms. The van der Waals surface area contributed by atoms with Gasteiger partial charge in [0.2, 0.25) is 0 Å². The van der Waals surface area contributed by atoms with Gasteiger partial charge in [0.15, 0.2) is 0 Å². The Hall–Kier alpha value is -3.22. The van der Waals surface area contributed by atoms with Gasteiger partial charge in [-0.2, -0.15) is 0 Å². The molecule has 0 amide bonds. The van der Waals surface area contributed by atoms with Crippen LogP contribution in [-0.2, 0) is 27.2 Å². The monoisotopic (exact) mass is 372 g/mol. The number of rotatable bonds is 5. The van der Waals surface area contributed by atoms with Crippen LogP contribution in [0.3, 0.4) is 0 Å². The summed E-state index contributed by atoms with van der Waals surface area (Å²) >= 11 is 0. The Labute approximate surface area is 164 Å². The molecule has 0 fully saturated rings. The summed E-state index contributed by atoms with van der Waals surface area (Å²) in [5.74, 6) is 1.75. The van der Waals surface area contributed by atoms with Crippen molar-refractivity contribution >= 4 is 0 Å². The van der Waals surface area contributed by atoms with Gasteiger partial charge in [0.25, 0.3) is 0 Å². The van der Waals surface area contributed by atoms with Crippen LogP contribution in [0.25, 0.3) is 33.6 Å². The van der Waals surface area contributed by atoms with Crippen molar-refractivity contribution in [3.63, 3.8) is 0 Å². The predicted molar refractivity (Wildman–Crippen MR) is 112 cm³/mol. The average Bonchev–Trinajstić information content (AvgIpc) is 3.30. The van der Waals surface area contributed by atoms with Crippen molar-refractivity contribution in [1.29, 1.82) is 0 Å². The van der Waals surface area contributed by atoms with Gasteiger partial charge in [-0.15, -0.1) is 0 Å². The lowest BCUT2D eigenvalue weighted by Crippen LogP contribution is -2.05. The van der Waals surface area contributed by atoms with Crippen LogP contribution in [0.2, 0.25) is 0 Å². The average molecular weight is 372 g/mol. The first-order chi connectivity index (χ1) is 13.6. The van der Waals surface area contributed by atoms with Gasteiger partial charge in [-0.3, -0.25) is 0 Å². The second-order valence-electron chi connectivity index (χ2n) is 6.80. The third kappa shape index (κ3) is 3.13. The molecule has 4 aromatic rings. The summed E-state index contributed by atoms with van der Waals surface area (Å²) < 4.78 is 4.07. The Kier molecular flexibility index (Phi) is 4.81. The molecule has 6 heteroatoms. The highest BCUT2D eigenvalue weighted by Gasteiger charge is 2.09. The number of hydrogen-bond donors (Lipinski definition) is 2. The van der Waals surface area contributed by atoms with E-state index in [9.17, 15) is 0 Å². The molecule has 0 spiro atoms. The summed E-state index contributed by atoms with van der Waals surface area (Å²) in [4.78, 5) is 8.74. The molecule has 0 atom stereocenters. The number of hydrogen-bond acceptors (Lipinski definition) is 4. The summed E-state index contributed by atoms with van der Waals surface area (Å²) in [5.41, 5.74) is 18.2. The van der Waals surface area contributed by atoms with Crippen LogP contribution in [0.5, 0.6) is 0 Å². The van der Waals surface area contributed by atoms with E-state index in [1.165, 1.54) is 11.1 Å². The Balaban J connectivity index is 1.59. The molecule has 6 nitrogen and oxygen atoms in total. The highest BCUT2D eigenvalue weighted by Crippen LogP contribution is 2.27. The normalized spacial score (nSPS) is 11.1. The lowest BCUT2D eigenvalue weighted by Gasteiger charge is -2.08. The fourth-order valence-electron chi connectivity index (χ4n) is 3.48. The molecule has 2 aromatic carbocycles. The lowest BCUT2D eigenvalue weighted by molar-refractivity contribution is 0.799. The van der Waals surface area contributed by atoms with Gasteiger partial charge in [-0.1, -0.05) is 48.5 Å². The molecule has 0 unspecified atom stereocenters. The molecule has 2 aromatic heterocycles. The van der Waals surface area contributed by atoms with Crippen LogP contribution < -0.4 is 11.5 Å². The number of nitrogens with zero attached hydrogens (tertiary/aromatic N) is 4. The summed E-state index contributed by atoms with van der Waals surface area (Å²) in [6, 6.07) is 17.0. The molecule has 0 saturated heterocycles. The molecule has 0 aliphatic carbocycles. The van der Waals surface area contributed by atoms with E-state index in [4.69, 9.17) is 11.5 Å². The van der Waals surface area contributed by atoms with Crippen molar-refractivity contribution in [2.75, 3.05) is 0 Å². The van der Waals surface area contributed by atoms with E-state index in [1.54, 1.807) is 0 Å². The van der Waals surface area contributed by atoms with Crippen LogP contribution in [0.1, 0.15) is 11.6 Å². The first-order valence-corrected chi connectivity index (χ1v) is 9.25. The van der Waals surface area contributed by atoms with Crippen LogP contribution in [0.4, 0.5) is 0 Å². The maximum atomic E-state index is 5.72. The second kappa shape index (κ2) is 7.42. The molecular formula is C22H24N6. The zero-order chi connectivity index (χ0) is 19.7. The first kappa shape index (κ1) is 18.2. The van der Waals surface area contributed by atoms with E-state index >= 15 is 0 Å². The number of aromatic nitrogens is 4. The summed E-state index contributed by atoms with van der Waals surface area (Å²) in [6.07, 6.45) is 3.74. The first-order valence-electron chi connectivity index (χ1n) is 9.25. The van der Waals surface area contributed by atoms with Crippen molar-refractivity contribution in [1.82, 2.24) is 19.1 Å². The van der Waals surface area contributed by atoms with Gasteiger partial charge in [0.1, 0.15) is 11.6 Å². The Bertz CT molecular complexity index is 998. The molecular weight excluding hydrogens is 348 g/mol. The Morgan fingerprint density at radius 1 is 0.607 bits per heavy atom.